The number of benzene rings is 3. The van der Waals surface area contributed by atoms with Crippen LogP contribution in [0.2, 0.25) is 0 Å². The zero-order valence-electron chi connectivity index (χ0n) is 37.0. The Hall–Kier alpha value is -5.95. The van der Waals surface area contributed by atoms with Crippen molar-refractivity contribution in [3.8, 4) is 11.6 Å². The van der Waals surface area contributed by atoms with Gasteiger partial charge in [0.2, 0.25) is 5.88 Å². The highest BCUT2D eigenvalue weighted by molar-refractivity contribution is 7.90. The molecule has 6 aliphatic rings. The van der Waals surface area contributed by atoms with Gasteiger partial charge in [0.1, 0.15) is 30.1 Å². The van der Waals surface area contributed by atoms with Crippen molar-refractivity contribution in [2.24, 2.45) is 5.41 Å². The fraction of sp³-hybridized carbons (Fsp3) is 0.458. The van der Waals surface area contributed by atoms with Crippen molar-refractivity contribution < 1.29 is 37.1 Å². The van der Waals surface area contributed by atoms with Crippen molar-refractivity contribution in [1.29, 1.82) is 0 Å². The van der Waals surface area contributed by atoms with Crippen LogP contribution in [0.1, 0.15) is 73.0 Å². The second-order valence-electron chi connectivity index (χ2n) is 18.8. The van der Waals surface area contributed by atoms with Gasteiger partial charge in [-0.2, -0.15) is 4.98 Å². The van der Waals surface area contributed by atoms with Gasteiger partial charge in [0.25, 0.3) is 21.6 Å². The number of hydrogen-bond donors (Lipinski definition) is 3. The summed E-state index contributed by atoms with van der Waals surface area (Å²) in [6.45, 7) is 8.51. The number of H-pyrrole nitrogens is 1. The Bertz CT molecular complexity index is 2820. The lowest BCUT2D eigenvalue weighted by Crippen LogP contribution is -2.54. The number of carbonyl (C=O) groups excluding carboxylic acids is 1. The molecule has 3 saturated heterocycles. The van der Waals surface area contributed by atoms with Crippen LogP contribution >= 0.6 is 0 Å². The molecule has 1 spiro atoms. The molecule has 346 valence electrons. The predicted molar refractivity (Wildman–Crippen MR) is 248 cm³/mol. The maximum atomic E-state index is 14.5. The Labute approximate surface area is 382 Å². The molecule has 2 aromatic heterocycles. The molecule has 5 aromatic rings. The fourth-order valence-corrected chi connectivity index (χ4v) is 12.2. The molecule has 18 heteroatoms. The highest BCUT2D eigenvalue weighted by atomic mass is 32.2. The van der Waals surface area contributed by atoms with Crippen LogP contribution < -0.4 is 29.3 Å². The number of carbonyl (C=O) groups is 1. The number of nitrogens with one attached hydrogen (secondary N) is 3. The van der Waals surface area contributed by atoms with E-state index in [4.69, 9.17) is 23.9 Å². The van der Waals surface area contributed by atoms with Gasteiger partial charge in [-0.1, -0.05) is 24.3 Å². The van der Waals surface area contributed by atoms with Gasteiger partial charge in [0, 0.05) is 54.6 Å². The molecule has 1 amide bonds. The first kappa shape index (κ1) is 42.7. The van der Waals surface area contributed by atoms with Crippen molar-refractivity contribution in [3.63, 3.8) is 0 Å². The van der Waals surface area contributed by atoms with E-state index in [0.29, 0.717) is 60.2 Å². The molecule has 66 heavy (non-hydrogen) atoms. The Morgan fingerprint density at radius 2 is 1.83 bits per heavy atom. The van der Waals surface area contributed by atoms with Gasteiger partial charge in [-0.3, -0.25) is 19.8 Å². The lowest BCUT2D eigenvalue weighted by atomic mass is 9.59. The van der Waals surface area contributed by atoms with E-state index < -0.39 is 43.6 Å². The molecule has 7 heterocycles. The van der Waals surface area contributed by atoms with E-state index in [-0.39, 0.29) is 36.3 Å². The van der Waals surface area contributed by atoms with E-state index in [1.807, 2.05) is 36.1 Å². The zero-order valence-corrected chi connectivity index (χ0v) is 37.8. The van der Waals surface area contributed by atoms with E-state index in [1.165, 1.54) is 42.9 Å². The number of amides is 1. The average molecular weight is 919 g/mol. The third-order valence-corrected chi connectivity index (χ3v) is 16.0. The summed E-state index contributed by atoms with van der Waals surface area (Å²) < 4.78 is 53.9. The van der Waals surface area contributed by atoms with Gasteiger partial charge in [-0.15, -0.1) is 0 Å². The summed E-state index contributed by atoms with van der Waals surface area (Å²) in [5, 5.41) is 16.3. The summed E-state index contributed by atoms with van der Waals surface area (Å²) in [5.41, 5.74) is 5.44. The molecule has 0 unspecified atom stereocenters. The Kier molecular flexibility index (Phi) is 10.8. The molecule has 0 radical (unpaired) electrons. The minimum atomic E-state index is -4.67. The normalized spacial score (nSPS) is 24.2. The van der Waals surface area contributed by atoms with Gasteiger partial charge in [0.15, 0.2) is 11.4 Å². The van der Waals surface area contributed by atoms with Gasteiger partial charge >= 0.3 is 0 Å². The van der Waals surface area contributed by atoms with Gasteiger partial charge in [0.05, 0.1) is 53.5 Å². The summed E-state index contributed by atoms with van der Waals surface area (Å²) in [6.07, 6.45) is 8.01. The monoisotopic (exact) mass is 918 g/mol. The number of anilines is 4. The topological polar surface area (TPSA) is 194 Å². The predicted octanol–water partition coefficient (Wildman–Crippen LogP) is 6.99. The maximum absolute atomic E-state index is 14.5. The summed E-state index contributed by atoms with van der Waals surface area (Å²) in [6, 6.07) is 20.9. The molecular weight excluding hydrogens is 865 g/mol. The number of pyridine rings is 1. The van der Waals surface area contributed by atoms with Gasteiger partial charge in [-0.25, -0.2) is 13.1 Å². The smallest absolute Gasteiger partial charge is 0.297 e. The molecule has 1 saturated carbocycles. The number of fused-ring (bicyclic) bond motifs is 3. The lowest BCUT2D eigenvalue weighted by Gasteiger charge is -2.56. The van der Waals surface area contributed by atoms with E-state index in [2.05, 4.69) is 56.0 Å². The summed E-state index contributed by atoms with van der Waals surface area (Å²) in [5.74, 6) is -0.540. The Morgan fingerprint density at radius 3 is 2.62 bits per heavy atom. The molecule has 4 fully saturated rings. The molecule has 11 rings (SSSR count). The first-order valence-corrected chi connectivity index (χ1v) is 24.5. The third kappa shape index (κ3) is 7.76. The minimum absolute atomic E-state index is 0.0259. The molecule has 5 aliphatic heterocycles. The Morgan fingerprint density at radius 1 is 1.00 bits per heavy atom. The van der Waals surface area contributed by atoms with Crippen molar-refractivity contribution in [3.05, 3.63) is 99.7 Å². The van der Waals surface area contributed by atoms with Crippen LogP contribution in [0.15, 0.2) is 77.8 Å². The summed E-state index contributed by atoms with van der Waals surface area (Å²) in [4.78, 5) is 40.7. The standard InChI is InChI=1S/C48H54N8O9S/c1-29-6-3-4-7-35(29)38-8-5-15-54(38)33-24-48(25-33)12-16-53(17-13-48)32-9-10-36(39(21-32)55-26-30(2)65-47-41(55)20-31-11-14-49-45(31)51-47)46(57)52-66(60,61)34-22-40(56(58)59)44-42(23-34)64-27-37(50-44)43-28-62-18-19-63-43/h3-4,6-7,9-11,14,20-23,30,33,37-38,43,50H,5,8,12-13,15-19,24-28H2,1-2H3,(H,49,51)(H,52,57)/t30-,37-,38+,43-/m1/s1. The highest BCUT2D eigenvalue weighted by Crippen LogP contribution is 2.54. The van der Waals surface area contributed by atoms with E-state index in [0.717, 1.165) is 49.6 Å². The molecule has 4 atom stereocenters. The number of ether oxygens (including phenoxy) is 4. The number of aromatic nitrogens is 2. The largest absolute Gasteiger partial charge is 0.489 e. The van der Waals surface area contributed by atoms with Crippen LogP contribution in [0.5, 0.6) is 11.6 Å². The fourth-order valence-electron chi connectivity index (χ4n) is 11.2. The first-order chi connectivity index (χ1) is 31.9. The van der Waals surface area contributed by atoms with Crippen molar-refractivity contribution in [1.82, 2.24) is 19.6 Å². The lowest BCUT2D eigenvalue weighted by molar-refractivity contribution is -0.384. The number of aromatic amines is 1. The summed E-state index contributed by atoms with van der Waals surface area (Å²) in [7, 11) is -4.67. The van der Waals surface area contributed by atoms with E-state index in [9.17, 15) is 23.3 Å². The number of nitro benzene ring substituents is 1. The van der Waals surface area contributed by atoms with Crippen LogP contribution in [-0.4, -0.2) is 111 Å². The average Bonchev–Trinajstić information content (AvgIpc) is 3.99. The second kappa shape index (κ2) is 16.7. The quantitative estimate of drug-likeness (QED) is 0.101. The number of piperidine rings is 1. The third-order valence-electron chi connectivity index (χ3n) is 14.7. The molecule has 1 aliphatic carbocycles. The zero-order chi connectivity index (χ0) is 45.3. The SMILES string of the molecule is Cc1ccccc1[C@@H]1CCCN1C1CC2(CCN(c3ccc(C(=O)NS(=O)(=O)c4cc5c(c([N+](=O)[O-])c4)N[C@@H]([C@H]4COCCO4)CO5)c(N4C[C@@H](C)Oc5nc6[nH]ccc6cc54)c3)CC2)C1. The van der Waals surface area contributed by atoms with Crippen LogP contribution in [0, 0.1) is 22.5 Å². The van der Waals surface area contributed by atoms with Crippen LogP contribution in [0.4, 0.5) is 28.4 Å². The second-order valence-corrected chi connectivity index (χ2v) is 20.5. The van der Waals surface area contributed by atoms with Crippen molar-refractivity contribution >= 4 is 55.4 Å². The number of rotatable bonds is 9. The first-order valence-electron chi connectivity index (χ1n) is 23.0. The van der Waals surface area contributed by atoms with Crippen LogP contribution in [-0.2, 0) is 19.5 Å². The Balaban J connectivity index is 0.863. The minimum Gasteiger partial charge on any atom is -0.489 e. The van der Waals surface area contributed by atoms with Crippen LogP contribution in [0.25, 0.3) is 11.0 Å². The molecular formula is C48H54N8O9S. The number of likely N-dealkylation sites (tertiary alicyclic amines) is 1. The number of aryl methyl sites for hydroxylation is 1. The van der Waals surface area contributed by atoms with E-state index >= 15 is 0 Å². The molecule has 3 N–H and O–H groups in total. The van der Waals surface area contributed by atoms with E-state index in [1.54, 1.807) is 12.3 Å². The van der Waals surface area contributed by atoms with Crippen molar-refractivity contribution in [2.45, 2.75) is 87.6 Å². The molecule has 17 nitrogen and oxygen atoms in total. The number of nitrogens with zero attached hydrogens (tertiary/aromatic N) is 5. The number of sulfonamides is 1. The van der Waals surface area contributed by atoms with Crippen LogP contribution in [0.3, 0.4) is 0 Å². The van der Waals surface area contributed by atoms with Crippen molar-refractivity contribution in [2.75, 3.05) is 67.7 Å². The summed E-state index contributed by atoms with van der Waals surface area (Å²) >= 11 is 0. The number of hydrogen-bond acceptors (Lipinski definition) is 14. The van der Waals surface area contributed by atoms with Gasteiger partial charge in [-0.05, 0) is 106 Å². The van der Waals surface area contributed by atoms with Gasteiger partial charge < -0.3 is 39.0 Å². The highest BCUT2D eigenvalue weighted by Gasteiger charge is 2.50. The number of nitro groups is 1. The molecule has 3 aromatic carbocycles. The molecule has 0 bridgehead atoms. The maximum Gasteiger partial charge on any atom is 0.297 e.